The van der Waals surface area contributed by atoms with Gasteiger partial charge in [0.1, 0.15) is 0 Å². The molecule has 1 fully saturated rings. The van der Waals surface area contributed by atoms with Crippen molar-refractivity contribution in [3.05, 3.63) is 35.9 Å². The maximum absolute atomic E-state index is 3.61. The molecule has 0 amide bonds. The molecule has 0 spiro atoms. The van der Waals surface area contributed by atoms with E-state index in [0.29, 0.717) is 12.1 Å². The Balaban J connectivity index is 2.05. The van der Waals surface area contributed by atoms with Crippen molar-refractivity contribution in [2.75, 3.05) is 19.6 Å². The quantitative estimate of drug-likeness (QED) is 0.872. The van der Waals surface area contributed by atoms with Gasteiger partial charge in [0.15, 0.2) is 0 Å². The smallest absolute Gasteiger partial charge is 0.0472 e. The molecule has 1 aromatic rings. The molecule has 0 bridgehead atoms. The Bertz CT molecular complexity index is 353. The fourth-order valence-corrected chi connectivity index (χ4v) is 2.82. The third-order valence-corrected chi connectivity index (χ3v) is 4.16. The lowest BCUT2D eigenvalue weighted by molar-refractivity contribution is 0.134. The van der Waals surface area contributed by atoms with E-state index >= 15 is 0 Å². The fraction of sp³-hybridized carbons (Fsp3) is 0.647. The standard InChI is InChI=1S/C17H28N2/c1-14(2)18-13-17(16-7-5-4-6-8-16)19-11-9-15(3)10-12-19/h4-8,14-15,17-18H,9-13H2,1-3H3. The molecule has 19 heavy (non-hydrogen) atoms. The van der Waals surface area contributed by atoms with Gasteiger partial charge in [0.2, 0.25) is 0 Å². The third-order valence-electron chi connectivity index (χ3n) is 4.16. The lowest BCUT2D eigenvalue weighted by atomic mass is 9.95. The van der Waals surface area contributed by atoms with Crippen LogP contribution in [0.5, 0.6) is 0 Å². The van der Waals surface area contributed by atoms with E-state index in [0.717, 1.165) is 12.5 Å². The summed E-state index contributed by atoms with van der Waals surface area (Å²) in [5.74, 6) is 0.894. The molecule has 0 radical (unpaired) electrons. The second-order valence-electron chi connectivity index (χ2n) is 6.21. The number of likely N-dealkylation sites (tertiary alicyclic amines) is 1. The highest BCUT2D eigenvalue weighted by molar-refractivity contribution is 5.19. The Morgan fingerprint density at radius 3 is 2.37 bits per heavy atom. The molecular formula is C17H28N2. The molecule has 1 aliphatic heterocycles. The Morgan fingerprint density at radius 1 is 1.16 bits per heavy atom. The summed E-state index contributed by atoms with van der Waals surface area (Å²) in [5, 5.41) is 3.61. The first-order valence-electron chi connectivity index (χ1n) is 7.69. The average molecular weight is 260 g/mol. The summed E-state index contributed by atoms with van der Waals surface area (Å²) in [6.45, 7) is 10.3. The molecular weight excluding hydrogens is 232 g/mol. The fourth-order valence-electron chi connectivity index (χ4n) is 2.82. The maximum atomic E-state index is 3.61. The predicted octanol–water partition coefficient (Wildman–Crippen LogP) is 3.46. The molecule has 0 saturated carbocycles. The van der Waals surface area contributed by atoms with Gasteiger partial charge < -0.3 is 5.32 Å². The molecule has 2 rings (SSSR count). The van der Waals surface area contributed by atoms with Gasteiger partial charge in [0.25, 0.3) is 0 Å². The highest BCUT2D eigenvalue weighted by atomic mass is 15.2. The number of rotatable bonds is 5. The highest BCUT2D eigenvalue weighted by Crippen LogP contribution is 2.26. The zero-order chi connectivity index (χ0) is 13.7. The second kappa shape index (κ2) is 7.06. The Kier molecular flexibility index (Phi) is 5.41. The van der Waals surface area contributed by atoms with Gasteiger partial charge in [0, 0.05) is 18.6 Å². The maximum Gasteiger partial charge on any atom is 0.0472 e. The van der Waals surface area contributed by atoms with E-state index in [1.165, 1.54) is 31.5 Å². The van der Waals surface area contributed by atoms with E-state index in [9.17, 15) is 0 Å². The molecule has 0 aliphatic carbocycles. The van der Waals surface area contributed by atoms with E-state index in [4.69, 9.17) is 0 Å². The van der Waals surface area contributed by atoms with Gasteiger partial charge in [-0.2, -0.15) is 0 Å². The number of hydrogen-bond acceptors (Lipinski definition) is 2. The van der Waals surface area contributed by atoms with E-state index in [1.54, 1.807) is 0 Å². The van der Waals surface area contributed by atoms with Gasteiger partial charge in [-0.25, -0.2) is 0 Å². The first-order valence-corrected chi connectivity index (χ1v) is 7.69. The van der Waals surface area contributed by atoms with Crippen LogP contribution in [0.4, 0.5) is 0 Å². The van der Waals surface area contributed by atoms with Crippen molar-refractivity contribution in [3.63, 3.8) is 0 Å². The largest absolute Gasteiger partial charge is 0.313 e. The third kappa shape index (κ3) is 4.32. The summed E-state index contributed by atoms with van der Waals surface area (Å²) in [6.07, 6.45) is 2.68. The SMILES string of the molecule is CC1CCN(C(CNC(C)C)c2ccccc2)CC1. The number of nitrogens with one attached hydrogen (secondary N) is 1. The van der Waals surface area contributed by atoms with Gasteiger partial charge in [0.05, 0.1) is 0 Å². The molecule has 2 nitrogen and oxygen atoms in total. The minimum Gasteiger partial charge on any atom is -0.313 e. The zero-order valence-electron chi connectivity index (χ0n) is 12.6. The predicted molar refractivity (Wildman–Crippen MR) is 82.3 cm³/mol. The van der Waals surface area contributed by atoms with Crippen molar-refractivity contribution in [2.24, 2.45) is 5.92 Å². The van der Waals surface area contributed by atoms with Crippen LogP contribution >= 0.6 is 0 Å². The van der Waals surface area contributed by atoms with Crippen LogP contribution in [-0.2, 0) is 0 Å². The zero-order valence-corrected chi connectivity index (χ0v) is 12.6. The van der Waals surface area contributed by atoms with Crippen LogP contribution in [-0.4, -0.2) is 30.6 Å². The van der Waals surface area contributed by atoms with E-state index in [-0.39, 0.29) is 0 Å². The van der Waals surface area contributed by atoms with Gasteiger partial charge in [-0.15, -0.1) is 0 Å². The van der Waals surface area contributed by atoms with Crippen LogP contribution < -0.4 is 5.32 Å². The van der Waals surface area contributed by atoms with Gasteiger partial charge in [-0.3, -0.25) is 4.90 Å². The van der Waals surface area contributed by atoms with Gasteiger partial charge in [-0.1, -0.05) is 51.1 Å². The molecule has 1 aliphatic rings. The normalized spacial score (nSPS) is 19.8. The molecule has 0 aromatic heterocycles. The summed E-state index contributed by atoms with van der Waals surface area (Å²) < 4.78 is 0. The van der Waals surface area contributed by atoms with Crippen molar-refractivity contribution in [3.8, 4) is 0 Å². The second-order valence-corrected chi connectivity index (χ2v) is 6.21. The summed E-state index contributed by atoms with van der Waals surface area (Å²) in [7, 11) is 0. The van der Waals surface area contributed by atoms with E-state index < -0.39 is 0 Å². The lowest BCUT2D eigenvalue weighted by Crippen LogP contribution is -2.42. The number of nitrogens with zero attached hydrogens (tertiary/aromatic N) is 1. The van der Waals surface area contributed by atoms with Gasteiger partial charge >= 0.3 is 0 Å². The van der Waals surface area contributed by atoms with Crippen molar-refractivity contribution in [1.82, 2.24) is 10.2 Å². The minimum atomic E-state index is 0.524. The van der Waals surface area contributed by atoms with Crippen LogP contribution in [0.3, 0.4) is 0 Å². The number of hydrogen-bond donors (Lipinski definition) is 1. The first-order chi connectivity index (χ1) is 9.16. The van der Waals surface area contributed by atoms with Crippen LogP contribution in [0.15, 0.2) is 30.3 Å². The van der Waals surface area contributed by atoms with Crippen molar-refractivity contribution in [1.29, 1.82) is 0 Å². The average Bonchev–Trinajstić information content (AvgIpc) is 2.42. The number of piperidine rings is 1. The molecule has 1 N–H and O–H groups in total. The van der Waals surface area contributed by atoms with Crippen LogP contribution in [0.1, 0.15) is 45.2 Å². The van der Waals surface area contributed by atoms with Crippen molar-refractivity contribution < 1.29 is 0 Å². The Labute approximate surface area is 118 Å². The van der Waals surface area contributed by atoms with Crippen LogP contribution in [0, 0.1) is 5.92 Å². The molecule has 1 saturated heterocycles. The monoisotopic (exact) mass is 260 g/mol. The highest BCUT2D eigenvalue weighted by Gasteiger charge is 2.24. The molecule has 2 heteroatoms. The van der Waals surface area contributed by atoms with E-state index in [1.807, 2.05) is 0 Å². The summed E-state index contributed by atoms with van der Waals surface area (Å²) >= 11 is 0. The molecule has 1 aromatic carbocycles. The van der Waals surface area contributed by atoms with Gasteiger partial charge in [-0.05, 0) is 37.4 Å². The van der Waals surface area contributed by atoms with Crippen LogP contribution in [0.2, 0.25) is 0 Å². The molecule has 1 unspecified atom stereocenters. The Hall–Kier alpha value is -0.860. The van der Waals surface area contributed by atoms with Crippen molar-refractivity contribution >= 4 is 0 Å². The summed E-state index contributed by atoms with van der Waals surface area (Å²) in [6, 6.07) is 12.0. The summed E-state index contributed by atoms with van der Waals surface area (Å²) in [4.78, 5) is 2.66. The van der Waals surface area contributed by atoms with E-state index in [2.05, 4.69) is 61.3 Å². The molecule has 1 atom stereocenters. The van der Waals surface area contributed by atoms with Crippen molar-refractivity contribution in [2.45, 2.75) is 45.7 Å². The topological polar surface area (TPSA) is 15.3 Å². The lowest BCUT2D eigenvalue weighted by Gasteiger charge is -2.37. The number of benzene rings is 1. The molecule has 106 valence electrons. The van der Waals surface area contributed by atoms with Crippen LogP contribution in [0.25, 0.3) is 0 Å². The molecule has 1 heterocycles. The first kappa shape index (κ1) is 14.5. The Morgan fingerprint density at radius 2 is 1.79 bits per heavy atom. The minimum absolute atomic E-state index is 0.524. The summed E-state index contributed by atoms with van der Waals surface area (Å²) in [5.41, 5.74) is 1.45.